The lowest BCUT2D eigenvalue weighted by Crippen LogP contribution is -2.29. The maximum absolute atomic E-state index is 13.1. The summed E-state index contributed by atoms with van der Waals surface area (Å²) in [5.41, 5.74) is 2.00. The van der Waals surface area contributed by atoms with Gasteiger partial charge in [0, 0.05) is 17.1 Å². The van der Waals surface area contributed by atoms with E-state index in [0.29, 0.717) is 28.5 Å². The van der Waals surface area contributed by atoms with Crippen molar-refractivity contribution in [2.24, 2.45) is 0 Å². The zero-order valence-corrected chi connectivity index (χ0v) is 18.3. The molecule has 1 unspecified atom stereocenters. The first-order valence-corrected chi connectivity index (χ1v) is 10.7. The van der Waals surface area contributed by atoms with Crippen molar-refractivity contribution in [3.05, 3.63) is 106 Å². The molecule has 3 aromatic rings. The fourth-order valence-corrected chi connectivity index (χ4v) is 4.08. The van der Waals surface area contributed by atoms with Crippen molar-refractivity contribution in [1.29, 1.82) is 0 Å². The summed E-state index contributed by atoms with van der Waals surface area (Å²) in [6.07, 6.45) is 0. The molecule has 1 aliphatic rings. The van der Waals surface area contributed by atoms with Crippen LogP contribution in [0, 0.1) is 0 Å². The van der Waals surface area contributed by atoms with E-state index < -0.39 is 17.7 Å². The van der Waals surface area contributed by atoms with Crippen LogP contribution < -0.4 is 4.74 Å². The summed E-state index contributed by atoms with van der Waals surface area (Å²) in [6.45, 7) is 2.63. The zero-order chi connectivity index (χ0) is 22.7. The molecular formula is C26H22ClNO4. The number of benzene rings is 3. The van der Waals surface area contributed by atoms with Crippen LogP contribution in [0.15, 0.2) is 84.4 Å². The molecule has 5 nitrogen and oxygen atoms in total. The Labute approximate surface area is 191 Å². The summed E-state index contributed by atoms with van der Waals surface area (Å²) in [5, 5.41) is 11.6. The van der Waals surface area contributed by atoms with Crippen LogP contribution in [0.4, 0.5) is 0 Å². The highest BCUT2D eigenvalue weighted by Gasteiger charge is 2.46. The number of hydrogen-bond donors (Lipinski definition) is 1. The number of aliphatic hydroxyl groups excluding tert-OH is 1. The molecule has 1 saturated heterocycles. The smallest absolute Gasteiger partial charge is 0.295 e. The molecule has 0 saturated carbocycles. The van der Waals surface area contributed by atoms with E-state index in [1.54, 1.807) is 48.5 Å². The van der Waals surface area contributed by atoms with Crippen LogP contribution in [0.2, 0.25) is 5.02 Å². The molecule has 1 amide bonds. The summed E-state index contributed by atoms with van der Waals surface area (Å²) < 4.78 is 5.45. The minimum Gasteiger partial charge on any atom is -0.507 e. The number of nitrogens with zero attached hydrogens (tertiary/aromatic N) is 1. The van der Waals surface area contributed by atoms with Crippen molar-refractivity contribution >= 4 is 29.1 Å². The quantitative estimate of drug-likeness (QED) is 0.314. The van der Waals surface area contributed by atoms with Gasteiger partial charge in [-0.1, -0.05) is 54.1 Å². The molecule has 0 spiro atoms. The van der Waals surface area contributed by atoms with Gasteiger partial charge in [-0.2, -0.15) is 0 Å². The van der Waals surface area contributed by atoms with Crippen molar-refractivity contribution < 1.29 is 19.4 Å². The molecule has 4 rings (SSSR count). The van der Waals surface area contributed by atoms with E-state index in [-0.39, 0.29) is 17.9 Å². The summed E-state index contributed by atoms with van der Waals surface area (Å²) in [5.74, 6) is -0.962. The Balaban J connectivity index is 1.82. The number of ether oxygens (including phenoxy) is 1. The average molecular weight is 448 g/mol. The standard InChI is InChI=1S/C26H22ClNO4/c1-2-32-21-13-11-18(12-14-21)24(29)22-23(19-9-6-10-20(27)15-19)28(26(31)25(22)30)16-17-7-4-3-5-8-17/h3-15,23,29H,2,16H2,1H3. The van der Waals surface area contributed by atoms with Crippen LogP contribution >= 0.6 is 11.6 Å². The molecule has 1 N–H and O–H groups in total. The molecule has 0 aliphatic carbocycles. The van der Waals surface area contributed by atoms with Gasteiger partial charge < -0.3 is 14.7 Å². The second-order valence-corrected chi connectivity index (χ2v) is 7.86. The molecule has 1 fully saturated rings. The predicted octanol–water partition coefficient (Wildman–Crippen LogP) is 5.36. The van der Waals surface area contributed by atoms with E-state index in [1.807, 2.05) is 37.3 Å². The Morgan fingerprint density at radius 1 is 1.00 bits per heavy atom. The molecule has 3 aromatic carbocycles. The van der Waals surface area contributed by atoms with Crippen LogP contribution in [0.25, 0.3) is 5.76 Å². The number of halogens is 1. The number of Topliss-reactive ketones (excluding diaryl/α,β-unsaturated/α-hetero) is 1. The maximum atomic E-state index is 13.1. The fourth-order valence-electron chi connectivity index (χ4n) is 3.88. The van der Waals surface area contributed by atoms with Gasteiger partial charge in [0.1, 0.15) is 11.5 Å². The zero-order valence-electron chi connectivity index (χ0n) is 17.5. The van der Waals surface area contributed by atoms with Crippen molar-refractivity contribution in [2.75, 3.05) is 6.61 Å². The molecule has 0 bridgehead atoms. The summed E-state index contributed by atoms with van der Waals surface area (Å²) in [4.78, 5) is 27.6. The van der Waals surface area contributed by atoms with Gasteiger partial charge in [-0.25, -0.2) is 0 Å². The van der Waals surface area contributed by atoms with E-state index in [4.69, 9.17) is 16.3 Å². The topological polar surface area (TPSA) is 66.8 Å². The van der Waals surface area contributed by atoms with E-state index in [2.05, 4.69) is 0 Å². The molecule has 0 radical (unpaired) electrons. The monoisotopic (exact) mass is 447 g/mol. The third kappa shape index (κ3) is 4.25. The fraction of sp³-hybridized carbons (Fsp3) is 0.154. The Morgan fingerprint density at radius 3 is 2.38 bits per heavy atom. The summed E-state index contributed by atoms with van der Waals surface area (Å²) in [7, 11) is 0. The average Bonchev–Trinajstić information content (AvgIpc) is 3.05. The number of ketones is 1. The number of carbonyl (C=O) groups excluding carboxylic acids is 2. The van der Waals surface area contributed by atoms with Crippen LogP contribution in [0.1, 0.15) is 29.7 Å². The SMILES string of the molecule is CCOc1ccc(C(O)=C2C(=O)C(=O)N(Cc3ccccc3)C2c2cccc(Cl)c2)cc1. The maximum Gasteiger partial charge on any atom is 0.295 e. The number of likely N-dealkylation sites (tertiary alicyclic amines) is 1. The Kier molecular flexibility index (Phi) is 6.28. The predicted molar refractivity (Wildman–Crippen MR) is 123 cm³/mol. The Hall–Kier alpha value is -3.57. The number of aliphatic hydroxyl groups is 1. The normalized spacial score (nSPS) is 17.6. The molecule has 0 aromatic heterocycles. The highest BCUT2D eigenvalue weighted by molar-refractivity contribution is 6.46. The highest BCUT2D eigenvalue weighted by atomic mass is 35.5. The van der Waals surface area contributed by atoms with Crippen molar-refractivity contribution in [2.45, 2.75) is 19.5 Å². The third-order valence-corrected chi connectivity index (χ3v) is 5.57. The lowest BCUT2D eigenvalue weighted by atomic mass is 9.95. The largest absolute Gasteiger partial charge is 0.507 e. The van der Waals surface area contributed by atoms with Gasteiger partial charge in [-0.05, 0) is 54.4 Å². The van der Waals surface area contributed by atoms with Gasteiger partial charge in [0.25, 0.3) is 11.7 Å². The van der Waals surface area contributed by atoms with Crippen LogP contribution in [-0.4, -0.2) is 28.3 Å². The van der Waals surface area contributed by atoms with Crippen molar-refractivity contribution in [3.63, 3.8) is 0 Å². The molecule has 1 atom stereocenters. The van der Waals surface area contributed by atoms with Crippen LogP contribution in [0.3, 0.4) is 0 Å². The number of hydrogen-bond acceptors (Lipinski definition) is 4. The first kappa shape index (κ1) is 21.7. The van der Waals surface area contributed by atoms with Gasteiger partial charge >= 0.3 is 0 Å². The minimum atomic E-state index is -0.763. The molecule has 1 heterocycles. The molecule has 1 aliphatic heterocycles. The van der Waals surface area contributed by atoms with Gasteiger partial charge in [0.05, 0.1) is 18.2 Å². The first-order chi connectivity index (χ1) is 15.5. The molecule has 32 heavy (non-hydrogen) atoms. The minimum absolute atomic E-state index is 0.0392. The van der Waals surface area contributed by atoms with Crippen molar-refractivity contribution in [1.82, 2.24) is 4.90 Å². The van der Waals surface area contributed by atoms with E-state index in [9.17, 15) is 14.7 Å². The Morgan fingerprint density at radius 2 is 1.72 bits per heavy atom. The van der Waals surface area contributed by atoms with Crippen LogP contribution in [0.5, 0.6) is 5.75 Å². The number of amides is 1. The van der Waals surface area contributed by atoms with Gasteiger partial charge in [0.2, 0.25) is 0 Å². The second-order valence-electron chi connectivity index (χ2n) is 7.42. The van der Waals surface area contributed by atoms with Gasteiger partial charge in [-0.3, -0.25) is 9.59 Å². The number of rotatable bonds is 6. The molecular weight excluding hydrogens is 426 g/mol. The van der Waals surface area contributed by atoms with E-state index in [1.165, 1.54) is 4.90 Å². The highest BCUT2D eigenvalue weighted by Crippen LogP contribution is 2.41. The molecule has 6 heteroatoms. The van der Waals surface area contributed by atoms with E-state index in [0.717, 1.165) is 5.56 Å². The second kappa shape index (κ2) is 9.28. The Bertz CT molecular complexity index is 1170. The van der Waals surface area contributed by atoms with E-state index >= 15 is 0 Å². The van der Waals surface area contributed by atoms with Crippen LogP contribution in [-0.2, 0) is 16.1 Å². The first-order valence-electron chi connectivity index (χ1n) is 10.3. The third-order valence-electron chi connectivity index (χ3n) is 5.34. The molecule has 162 valence electrons. The lowest BCUT2D eigenvalue weighted by Gasteiger charge is -2.25. The lowest BCUT2D eigenvalue weighted by molar-refractivity contribution is -0.140. The summed E-state index contributed by atoms with van der Waals surface area (Å²) >= 11 is 6.21. The van der Waals surface area contributed by atoms with Gasteiger partial charge in [0.15, 0.2) is 0 Å². The number of carbonyl (C=O) groups is 2. The summed E-state index contributed by atoms with van der Waals surface area (Å²) in [6, 6.07) is 22.4. The van der Waals surface area contributed by atoms with Gasteiger partial charge in [-0.15, -0.1) is 0 Å². The van der Waals surface area contributed by atoms with Crippen molar-refractivity contribution in [3.8, 4) is 5.75 Å².